The van der Waals surface area contributed by atoms with Crippen LogP contribution in [0.5, 0.6) is 0 Å². The average Bonchev–Trinajstić information content (AvgIpc) is 2.79. The van der Waals surface area contributed by atoms with Crippen molar-refractivity contribution in [2.24, 2.45) is 5.41 Å². The van der Waals surface area contributed by atoms with Gasteiger partial charge >= 0.3 is 0 Å². The topological polar surface area (TPSA) is 24.5 Å². The van der Waals surface area contributed by atoms with Gasteiger partial charge < -0.3 is 10.1 Å². The first-order valence-corrected chi connectivity index (χ1v) is 7.26. The molecule has 1 N–H and O–H groups in total. The van der Waals surface area contributed by atoms with Crippen LogP contribution in [0.1, 0.15) is 39.0 Å². The van der Waals surface area contributed by atoms with Crippen LogP contribution < -0.4 is 5.32 Å². The fraction of sp³-hybridized carbons (Fsp3) is 1.00. The number of nitrogens with one attached hydrogen (secondary N) is 1. The predicted molar refractivity (Wildman–Crippen MR) is 71.3 cm³/mol. The summed E-state index contributed by atoms with van der Waals surface area (Å²) in [5.41, 5.74) is 0.375. The Morgan fingerprint density at radius 3 is 2.94 bits per heavy atom. The summed E-state index contributed by atoms with van der Waals surface area (Å²) >= 11 is 0. The van der Waals surface area contributed by atoms with Crippen molar-refractivity contribution in [2.75, 3.05) is 39.9 Å². The minimum atomic E-state index is 0.375. The van der Waals surface area contributed by atoms with Gasteiger partial charge in [0.05, 0.1) is 6.61 Å². The van der Waals surface area contributed by atoms with Gasteiger partial charge in [-0.05, 0) is 39.3 Å². The molecule has 2 aliphatic rings. The molecule has 0 radical (unpaired) electrons. The van der Waals surface area contributed by atoms with Gasteiger partial charge in [0.1, 0.15) is 0 Å². The Labute approximate surface area is 106 Å². The first kappa shape index (κ1) is 13.3. The van der Waals surface area contributed by atoms with Crippen LogP contribution in [0.3, 0.4) is 0 Å². The molecular weight excluding hydrogens is 212 g/mol. The lowest BCUT2D eigenvalue weighted by Gasteiger charge is -2.41. The number of likely N-dealkylation sites (tertiary alicyclic amines) is 1. The third-order valence-electron chi connectivity index (χ3n) is 4.50. The smallest absolute Gasteiger partial charge is 0.0547 e. The monoisotopic (exact) mass is 240 g/mol. The molecule has 0 amide bonds. The van der Waals surface area contributed by atoms with Gasteiger partial charge in [0, 0.05) is 31.2 Å². The van der Waals surface area contributed by atoms with Crippen molar-refractivity contribution in [3.8, 4) is 0 Å². The summed E-state index contributed by atoms with van der Waals surface area (Å²) in [6.07, 6.45) is 6.72. The Bertz CT molecular complexity index is 226. The summed E-state index contributed by atoms with van der Waals surface area (Å²) in [5.74, 6) is 0. The normalized spacial score (nSPS) is 35.3. The van der Waals surface area contributed by atoms with Crippen LogP contribution in [0, 0.1) is 5.41 Å². The van der Waals surface area contributed by atoms with Crippen molar-refractivity contribution in [2.45, 2.75) is 45.1 Å². The van der Waals surface area contributed by atoms with Crippen LogP contribution >= 0.6 is 0 Å². The zero-order chi connectivity index (χ0) is 12.1. The summed E-state index contributed by atoms with van der Waals surface area (Å²) in [6, 6.07) is 0.818. The predicted octanol–water partition coefficient (Wildman–Crippen LogP) is 1.88. The lowest BCUT2D eigenvalue weighted by molar-refractivity contribution is 0.0651. The molecule has 2 unspecified atom stereocenters. The van der Waals surface area contributed by atoms with E-state index in [2.05, 4.69) is 24.2 Å². The van der Waals surface area contributed by atoms with Crippen LogP contribution in [0.2, 0.25) is 0 Å². The van der Waals surface area contributed by atoms with E-state index in [-0.39, 0.29) is 0 Å². The third kappa shape index (κ3) is 3.21. The van der Waals surface area contributed by atoms with E-state index < -0.39 is 0 Å². The van der Waals surface area contributed by atoms with E-state index in [0.717, 1.165) is 25.8 Å². The summed E-state index contributed by atoms with van der Waals surface area (Å²) in [5, 5.41) is 3.37. The SMILES string of the molecule is CCC1CCCCN1CC1(CNC)CCOC1. The molecule has 0 spiro atoms. The molecule has 2 heterocycles. The molecule has 0 aromatic carbocycles. The molecule has 2 rings (SSSR count). The molecule has 2 aliphatic heterocycles. The molecule has 2 fully saturated rings. The molecule has 17 heavy (non-hydrogen) atoms. The Hall–Kier alpha value is -0.120. The molecule has 0 saturated carbocycles. The second-order valence-electron chi connectivity index (χ2n) is 5.86. The largest absolute Gasteiger partial charge is 0.381 e. The maximum absolute atomic E-state index is 5.66. The van der Waals surface area contributed by atoms with E-state index in [9.17, 15) is 0 Å². The van der Waals surface area contributed by atoms with Crippen molar-refractivity contribution in [1.29, 1.82) is 0 Å². The highest BCUT2D eigenvalue weighted by molar-refractivity contribution is 4.90. The Balaban J connectivity index is 1.96. The van der Waals surface area contributed by atoms with Crippen molar-refractivity contribution >= 4 is 0 Å². The first-order valence-electron chi connectivity index (χ1n) is 7.26. The number of ether oxygens (including phenoxy) is 1. The number of nitrogens with zero attached hydrogens (tertiary/aromatic N) is 1. The highest BCUT2D eigenvalue weighted by Crippen LogP contribution is 2.32. The van der Waals surface area contributed by atoms with Gasteiger partial charge in [-0.1, -0.05) is 13.3 Å². The van der Waals surface area contributed by atoms with Crippen molar-refractivity contribution < 1.29 is 4.74 Å². The maximum atomic E-state index is 5.66. The molecule has 0 aliphatic carbocycles. The van der Waals surface area contributed by atoms with E-state index in [4.69, 9.17) is 4.74 Å². The van der Waals surface area contributed by atoms with Crippen LogP contribution in [0.15, 0.2) is 0 Å². The average molecular weight is 240 g/mol. The van der Waals surface area contributed by atoms with Gasteiger partial charge in [0.2, 0.25) is 0 Å². The molecule has 0 bridgehead atoms. The zero-order valence-corrected chi connectivity index (χ0v) is 11.5. The van der Waals surface area contributed by atoms with E-state index >= 15 is 0 Å². The van der Waals surface area contributed by atoms with Crippen LogP contribution in [-0.2, 0) is 4.74 Å². The number of piperidine rings is 1. The molecule has 0 aromatic rings. The highest BCUT2D eigenvalue weighted by Gasteiger charge is 2.37. The first-order chi connectivity index (χ1) is 8.29. The van der Waals surface area contributed by atoms with Gasteiger partial charge in [-0.3, -0.25) is 4.90 Å². The van der Waals surface area contributed by atoms with Crippen molar-refractivity contribution in [1.82, 2.24) is 10.2 Å². The van der Waals surface area contributed by atoms with Crippen molar-refractivity contribution in [3.63, 3.8) is 0 Å². The molecule has 2 saturated heterocycles. The van der Waals surface area contributed by atoms with Crippen molar-refractivity contribution in [3.05, 3.63) is 0 Å². The fourth-order valence-corrected chi connectivity index (χ4v) is 3.51. The summed E-state index contributed by atoms with van der Waals surface area (Å²) in [7, 11) is 2.06. The van der Waals surface area contributed by atoms with Gasteiger partial charge in [-0.2, -0.15) is 0 Å². The van der Waals surface area contributed by atoms with Gasteiger partial charge in [-0.15, -0.1) is 0 Å². The minimum absolute atomic E-state index is 0.375. The lowest BCUT2D eigenvalue weighted by atomic mass is 9.85. The highest BCUT2D eigenvalue weighted by atomic mass is 16.5. The maximum Gasteiger partial charge on any atom is 0.0547 e. The Kier molecular flexibility index (Phi) is 4.83. The number of rotatable bonds is 5. The molecule has 0 aromatic heterocycles. The molecule has 3 heteroatoms. The van der Waals surface area contributed by atoms with Crippen LogP contribution in [0.25, 0.3) is 0 Å². The van der Waals surface area contributed by atoms with Gasteiger partial charge in [0.15, 0.2) is 0 Å². The van der Waals surface area contributed by atoms with Gasteiger partial charge in [-0.25, -0.2) is 0 Å². The quantitative estimate of drug-likeness (QED) is 0.794. The fourth-order valence-electron chi connectivity index (χ4n) is 3.51. The summed E-state index contributed by atoms with van der Waals surface area (Å²) < 4.78 is 5.66. The van der Waals surface area contributed by atoms with E-state index in [1.807, 2.05) is 0 Å². The minimum Gasteiger partial charge on any atom is -0.381 e. The summed E-state index contributed by atoms with van der Waals surface area (Å²) in [4.78, 5) is 2.73. The molecule has 2 atom stereocenters. The lowest BCUT2D eigenvalue weighted by Crippen LogP contribution is -2.49. The molecule has 3 nitrogen and oxygen atoms in total. The zero-order valence-electron chi connectivity index (χ0n) is 11.5. The second-order valence-corrected chi connectivity index (χ2v) is 5.86. The summed E-state index contributed by atoms with van der Waals surface area (Å²) in [6.45, 7) is 7.85. The van der Waals surface area contributed by atoms with E-state index in [0.29, 0.717) is 5.41 Å². The number of hydrogen-bond acceptors (Lipinski definition) is 3. The number of hydrogen-bond donors (Lipinski definition) is 1. The van der Waals surface area contributed by atoms with Gasteiger partial charge in [0.25, 0.3) is 0 Å². The Morgan fingerprint density at radius 2 is 2.29 bits per heavy atom. The van der Waals surface area contributed by atoms with E-state index in [1.165, 1.54) is 45.2 Å². The standard InChI is InChI=1S/C14H28N2O/c1-3-13-6-4-5-8-16(13)11-14(10-15-2)7-9-17-12-14/h13,15H,3-12H2,1-2H3. The van der Waals surface area contributed by atoms with E-state index in [1.54, 1.807) is 0 Å². The van der Waals surface area contributed by atoms with Crippen LogP contribution in [-0.4, -0.2) is 50.8 Å². The molecule has 100 valence electrons. The third-order valence-corrected chi connectivity index (χ3v) is 4.50. The van der Waals surface area contributed by atoms with Crippen LogP contribution in [0.4, 0.5) is 0 Å². The molecular formula is C14H28N2O. The Morgan fingerprint density at radius 1 is 1.41 bits per heavy atom. The second kappa shape index (κ2) is 6.17.